The summed E-state index contributed by atoms with van der Waals surface area (Å²) in [6.45, 7) is 8.20. The van der Waals surface area contributed by atoms with Crippen LogP contribution in [0.15, 0.2) is 103 Å². The van der Waals surface area contributed by atoms with Crippen molar-refractivity contribution in [1.82, 2.24) is 0 Å². The molecular weight excluding hydrogens is 443 g/mol. The molecule has 4 nitrogen and oxygen atoms in total. The third-order valence-corrected chi connectivity index (χ3v) is 7.15. The summed E-state index contributed by atoms with van der Waals surface area (Å²) >= 11 is 0. The van der Waals surface area contributed by atoms with E-state index in [0.29, 0.717) is 5.71 Å². The molecule has 0 bridgehead atoms. The van der Waals surface area contributed by atoms with Gasteiger partial charge in [0.05, 0.1) is 16.9 Å². The normalized spacial score (nSPS) is 16.1. The second-order valence-electron chi connectivity index (χ2n) is 10.2. The maximum Gasteiger partial charge on any atom is 0.494 e. The Hall–Kier alpha value is -3.67. The molecule has 1 aliphatic heterocycles. The molecule has 0 amide bonds. The molecule has 0 unspecified atom stereocenters. The molecule has 1 fully saturated rings. The Morgan fingerprint density at radius 2 is 1.33 bits per heavy atom. The molecule has 0 aliphatic carbocycles. The van der Waals surface area contributed by atoms with Gasteiger partial charge in [0.15, 0.2) is 0 Å². The third-order valence-electron chi connectivity index (χ3n) is 7.15. The molecule has 0 radical (unpaired) electrons. The fraction of sp³-hybridized carbons (Fsp3) is 0.194. The van der Waals surface area contributed by atoms with E-state index in [1.807, 2.05) is 72.8 Å². The van der Waals surface area contributed by atoms with E-state index in [1.165, 1.54) is 0 Å². The predicted molar refractivity (Wildman–Crippen MR) is 150 cm³/mol. The zero-order chi connectivity index (χ0) is 25.3. The zero-order valence-corrected chi connectivity index (χ0v) is 21.2. The van der Waals surface area contributed by atoms with Crippen LogP contribution in [0.4, 0.5) is 11.4 Å². The fourth-order valence-corrected chi connectivity index (χ4v) is 4.32. The van der Waals surface area contributed by atoms with Gasteiger partial charge in [-0.2, -0.15) is 0 Å². The topological polar surface area (TPSA) is 54.3 Å². The van der Waals surface area contributed by atoms with Crippen molar-refractivity contribution in [3.05, 3.63) is 114 Å². The van der Waals surface area contributed by atoms with Crippen molar-refractivity contribution >= 4 is 29.7 Å². The number of para-hydroxylation sites is 1. The number of hydrogen-bond acceptors (Lipinski definition) is 4. The van der Waals surface area contributed by atoms with Crippen LogP contribution in [0.1, 0.15) is 38.8 Å². The van der Waals surface area contributed by atoms with E-state index in [2.05, 4.69) is 63.3 Å². The Balaban J connectivity index is 1.53. The summed E-state index contributed by atoms with van der Waals surface area (Å²) in [5, 5.41) is 12.7. The van der Waals surface area contributed by atoms with E-state index in [1.54, 1.807) is 0 Å². The van der Waals surface area contributed by atoms with Crippen LogP contribution in [0, 0.1) is 5.41 Å². The van der Waals surface area contributed by atoms with Gasteiger partial charge in [-0.3, -0.25) is 5.41 Å². The van der Waals surface area contributed by atoms with E-state index in [-0.39, 0.29) is 0 Å². The smallest absolute Gasteiger partial charge is 0.399 e. The average molecular weight is 474 g/mol. The number of anilines is 2. The summed E-state index contributed by atoms with van der Waals surface area (Å²) in [6.07, 6.45) is 0. The summed E-state index contributed by atoms with van der Waals surface area (Å²) in [6, 6.07) is 34.5. The minimum absolute atomic E-state index is 0.419. The van der Waals surface area contributed by atoms with Crippen LogP contribution in [-0.2, 0) is 9.31 Å². The molecule has 5 rings (SSSR count). The van der Waals surface area contributed by atoms with Crippen molar-refractivity contribution in [3.63, 3.8) is 0 Å². The van der Waals surface area contributed by atoms with Crippen molar-refractivity contribution in [2.45, 2.75) is 38.9 Å². The molecule has 1 heterocycles. The molecule has 180 valence electrons. The van der Waals surface area contributed by atoms with Gasteiger partial charge in [-0.1, -0.05) is 78.9 Å². The van der Waals surface area contributed by atoms with Gasteiger partial charge in [0.25, 0.3) is 0 Å². The number of hydrogen-bond donors (Lipinski definition) is 2. The Morgan fingerprint density at radius 3 is 2.00 bits per heavy atom. The fourth-order valence-electron chi connectivity index (χ4n) is 4.32. The van der Waals surface area contributed by atoms with E-state index in [0.717, 1.165) is 39.1 Å². The number of nitrogens with one attached hydrogen (secondary N) is 2. The molecule has 0 atom stereocenters. The van der Waals surface area contributed by atoms with Gasteiger partial charge < -0.3 is 14.6 Å². The van der Waals surface area contributed by atoms with Gasteiger partial charge in [0, 0.05) is 16.9 Å². The molecule has 1 aliphatic rings. The maximum atomic E-state index is 9.24. The first-order valence-corrected chi connectivity index (χ1v) is 12.3. The summed E-state index contributed by atoms with van der Waals surface area (Å²) in [5.41, 5.74) is 6.18. The van der Waals surface area contributed by atoms with Crippen molar-refractivity contribution in [3.8, 4) is 11.1 Å². The Labute approximate surface area is 214 Å². The molecule has 36 heavy (non-hydrogen) atoms. The van der Waals surface area contributed by atoms with Gasteiger partial charge in [-0.25, -0.2) is 0 Å². The van der Waals surface area contributed by atoms with E-state index in [4.69, 9.17) is 9.31 Å². The summed E-state index contributed by atoms with van der Waals surface area (Å²) in [4.78, 5) is 0. The highest BCUT2D eigenvalue weighted by molar-refractivity contribution is 6.62. The van der Waals surface area contributed by atoms with Crippen LogP contribution in [0.3, 0.4) is 0 Å². The first-order valence-electron chi connectivity index (χ1n) is 12.3. The molecule has 2 N–H and O–H groups in total. The highest BCUT2D eigenvalue weighted by Crippen LogP contribution is 2.36. The third kappa shape index (κ3) is 4.72. The Kier molecular flexibility index (Phi) is 6.29. The summed E-state index contributed by atoms with van der Waals surface area (Å²) in [5.74, 6) is 0. The minimum Gasteiger partial charge on any atom is -0.399 e. The number of rotatable bonds is 6. The zero-order valence-electron chi connectivity index (χ0n) is 21.2. The lowest BCUT2D eigenvalue weighted by Crippen LogP contribution is -2.41. The SMILES string of the molecule is CC1(C)OB(c2cccc(C(=N)c3cc(-c4ccccc4)ccc3Nc3ccccc3)c2)OC1(C)C. The summed E-state index contributed by atoms with van der Waals surface area (Å²) in [7, 11) is -0.472. The Morgan fingerprint density at radius 1 is 0.694 bits per heavy atom. The largest absolute Gasteiger partial charge is 0.494 e. The maximum absolute atomic E-state index is 9.24. The molecule has 0 spiro atoms. The molecule has 4 aromatic rings. The molecule has 5 heteroatoms. The van der Waals surface area contributed by atoms with Crippen molar-refractivity contribution < 1.29 is 9.31 Å². The minimum atomic E-state index is -0.472. The lowest BCUT2D eigenvalue weighted by atomic mass is 9.78. The first-order chi connectivity index (χ1) is 17.2. The first kappa shape index (κ1) is 24.0. The highest BCUT2D eigenvalue weighted by Gasteiger charge is 2.51. The summed E-state index contributed by atoms with van der Waals surface area (Å²) < 4.78 is 12.5. The lowest BCUT2D eigenvalue weighted by Gasteiger charge is -2.32. The highest BCUT2D eigenvalue weighted by atomic mass is 16.7. The van der Waals surface area contributed by atoms with Crippen molar-refractivity contribution in [2.75, 3.05) is 5.32 Å². The van der Waals surface area contributed by atoms with Gasteiger partial charge >= 0.3 is 7.12 Å². The predicted octanol–water partition coefficient (Wildman–Crippen LogP) is 6.81. The van der Waals surface area contributed by atoms with Crippen LogP contribution in [0.2, 0.25) is 0 Å². The monoisotopic (exact) mass is 474 g/mol. The second kappa shape index (κ2) is 9.42. The van der Waals surface area contributed by atoms with Gasteiger partial charge in [0.2, 0.25) is 0 Å². The van der Waals surface area contributed by atoms with E-state index < -0.39 is 18.3 Å². The van der Waals surface area contributed by atoms with Gasteiger partial charge in [-0.15, -0.1) is 0 Å². The van der Waals surface area contributed by atoms with Crippen molar-refractivity contribution in [1.29, 1.82) is 5.41 Å². The van der Waals surface area contributed by atoms with Crippen LogP contribution in [-0.4, -0.2) is 24.0 Å². The Bertz CT molecular complexity index is 1370. The molecule has 4 aromatic carbocycles. The van der Waals surface area contributed by atoms with Crippen LogP contribution >= 0.6 is 0 Å². The molecule has 0 saturated carbocycles. The molecule has 0 aromatic heterocycles. The lowest BCUT2D eigenvalue weighted by molar-refractivity contribution is 0.00578. The van der Waals surface area contributed by atoms with Crippen LogP contribution < -0.4 is 10.8 Å². The number of benzene rings is 4. The molecule has 1 saturated heterocycles. The quantitative estimate of drug-likeness (QED) is 0.238. The average Bonchev–Trinajstić information content (AvgIpc) is 3.11. The van der Waals surface area contributed by atoms with E-state index >= 15 is 0 Å². The standard InChI is InChI=1S/C31H31BN2O2/c1-30(2)31(3,4)36-32(35-30)25-15-11-14-24(20-25)29(33)27-21-23(22-12-7-5-8-13-22)18-19-28(27)34-26-16-9-6-10-17-26/h5-21,33-34H,1-4H3. The van der Waals surface area contributed by atoms with Crippen molar-refractivity contribution in [2.24, 2.45) is 0 Å². The van der Waals surface area contributed by atoms with Crippen LogP contribution in [0.25, 0.3) is 11.1 Å². The second-order valence-corrected chi connectivity index (χ2v) is 10.2. The van der Waals surface area contributed by atoms with Gasteiger partial charge in [-0.05, 0) is 74.1 Å². The van der Waals surface area contributed by atoms with Gasteiger partial charge in [0.1, 0.15) is 0 Å². The molecular formula is C31H31BN2O2. The van der Waals surface area contributed by atoms with E-state index in [9.17, 15) is 5.41 Å². The van der Waals surface area contributed by atoms with Crippen LogP contribution in [0.5, 0.6) is 0 Å².